The molecule has 148 valence electrons. The van der Waals surface area contributed by atoms with Crippen LogP contribution in [0.15, 0.2) is 79.0 Å². The largest absolute Gasteiger partial charge is 0.392 e. The van der Waals surface area contributed by atoms with E-state index in [9.17, 15) is 9.50 Å². The first-order valence-electron chi connectivity index (χ1n) is 9.89. The van der Waals surface area contributed by atoms with Crippen molar-refractivity contribution in [3.8, 4) is 11.3 Å². The summed E-state index contributed by atoms with van der Waals surface area (Å²) in [5.74, 6) is 0.227. The van der Waals surface area contributed by atoms with E-state index in [4.69, 9.17) is 4.98 Å². The number of hydrogen-bond donors (Lipinski definition) is 2. The van der Waals surface area contributed by atoms with Crippen LogP contribution in [0.2, 0.25) is 0 Å². The molecular formula is C25H20FN3O. The molecule has 1 aliphatic carbocycles. The molecule has 0 fully saturated rings. The van der Waals surface area contributed by atoms with Crippen molar-refractivity contribution in [1.29, 1.82) is 0 Å². The van der Waals surface area contributed by atoms with Crippen molar-refractivity contribution in [2.45, 2.75) is 18.9 Å². The fraction of sp³-hybridized carbons (Fsp3) is 0.120. The molecule has 0 spiro atoms. The van der Waals surface area contributed by atoms with E-state index in [2.05, 4.69) is 16.4 Å². The molecular weight excluding hydrogens is 377 g/mol. The summed E-state index contributed by atoms with van der Waals surface area (Å²) in [7, 11) is 0. The van der Waals surface area contributed by atoms with Crippen LogP contribution < -0.4 is 5.32 Å². The van der Waals surface area contributed by atoms with Crippen LogP contribution in [-0.4, -0.2) is 15.1 Å². The number of aliphatic hydroxyl groups excluding tert-OH is 1. The molecule has 0 bridgehead atoms. The van der Waals surface area contributed by atoms with Crippen LogP contribution in [0.4, 0.5) is 16.0 Å². The summed E-state index contributed by atoms with van der Waals surface area (Å²) in [4.78, 5) is 9.27. The maximum atomic E-state index is 14.6. The molecule has 0 unspecified atom stereocenters. The molecule has 0 radical (unpaired) electrons. The van der Waals surface area contributed by atoms with E-state index in [1.54, 1.807) is 6.07 Å². The van der Waals surface area contributed by atoms with Gasteiger partial charge in [0, 0.05) is 23.4 Å². The zero-order chi connectivity index (χ0) is 20.5. The summed E-state index contributed by atoms with van der Waals surface area (Å²) in [5.41, 5.74) is 6.26. The highest BCUT2D eigenvalue weighted by Crippen LogP contribution is 2.42. The Morgan fingerprint density at radius 1 is 0.967 bits per heavy atom. The fourth-order valence-electron chi connectivity index (χ4n) is 4.11. The molecule has 1 atom stereocenters. The van der Waals surface area contributed by atoms with Gasteiger partial charge in [0.25, 0.3) is 0 Å². The van der Waals surface area contributed by atoms with E-state index in [-0.39, 0.29) is 18.3 Å². The van der Waals surface area contributed by atoms with Crippen molar-refractivity contribution >= 4 is 11.6 Å². The number of benzene rings is 3. The lowest BCUT2D eigenvalue weighted by Crippen LogP contribution is -2.16. The van der Waals surface area contributed by atoms with Crippen LogP contribution in [0.25, 0.3) is 11.3 Å². The predicted molar refractivity (Wildman–Crippen MR) is 115 cm³/mol. The molecule has 0 saturated carbocycles. The molecule has 4 nitrogen and oxygen atoms in total. The van der Waals surface area contributed by atoms with Gasteiger partial charge in [-0.2, -0.15) is 0 Å². The zero-order valence-corrected chi connectivity index (χ0v) is 16.2. The van der Waals surface area contributed by atoms with Gasteiger partial charge in [0.15, 0.2) is 0 Å². The molecule has 1 aromatic heterocycles. The third kappa shape index (κ3) is 3.33. The van der Waals surface area contributed by atoms with Crippen molar-refractivity contribution in [3.05, 3.63) is 107 Å². The van der Waals surface area contributed by atoms with Gasteiger partial charge in [-0.25, -0.2) is 14.4 Å². The third-order valence-corrected chi connectivity index (χ3v) is 5.53. The summed E-state index contributed by atoms with van der Waals surface area (Å²) in [5, 5.41) is 12.6. The number of nitrogens with zero attached hydrogens (tertiary/aromatic N) is 2. The SMILES string of the molecule is OCc1cccc(Nc2ncc3c(n2)-c2ccccc2[C@H](c2ccccc2F)C3)c1. The van der Waals surface area contributed by atoms with Crippen LogP contribution in [0.1, 0.15) is 28.2 Å². The van der Waals surface area contributed by atoms with Gasteiger partial charge in [0.2, 0.25) is 5.95 Å². The van der Waals surface area contributed by atoms with Crippen molar-refractivity contribution in [2.75, 3.05) is 5.32 Å². The first kappa shape index (κ1) is 18.5. The Morgan fingerprint density at radius 3 is 2.60 bits per heavy atom. The molecule has 5 heteroatoms. The Balaban J connectivity index is 1.55. The molecule has 1 aliphatic rings. The maximum absolute atomic E-state index is 14.6. The molecule has 4 aromatic rings. The highest BCUT2D eigenvalue weighted by atomic mass is 19.1. The lowest BCUT2D eigenvalue weighted by molar-refractivity contribution is 0.282. The smallest absolute Gasteiger partial charge is 0.227 e. The van der Waals surface area contributed by atoms with Crippen molar-refractivity contribution in [2.24, 2.45) is 0 Å². The number of anilines is 2. The van der Waals surface area contributed by atoms with Gasteiger partial charge in [0.1, 0.15) is 5.82 Å². The van der Waals surface area contributed by atoms with Gasteiger partial charge < -0.3 is 10.4 Å². The average Bonchev–Trinajstić information content (AvgIpc) is 2.79. The maximum Gasteiger partial charge on any atom is 0.227 e. The van der Waals surface area contributed by atoms with Gasteiger partial charge in [-0.05, 0) is 46.9 Å². The Kier molecular flexibility index (Phi) is 4.73. The van der Waals surface area contributed by atoms with E-state index < -0.39 is 0 Å². The lowest BCUT2D eigenvalue weighted by atomic mass is 9.78. The second-order valence-corrected chi connectivity index (χ2v) is 7.42. The number of aliphatic hydroxyl groups is 1. The summed E-state index contributed by atoms with van der Waals surface area (Å²) < 4.78 is 14.6. The van der Waals surface area contributed by atoms with Crippen LogP contribution in [0, 0.1) is 5.82 Å². The predicted octanol–water partition coefficient (Wildman–Crippen LogP) is 5.21. The van der Waals surface area contributed by atoms with E-state index in [1.165, 1.54) is 6.07 Å². The molecule has 30 heavy (non-hydrogen) atoms. The minimum atomic E-state index is -0.191. The molecule has 1 heterocycles. The van der Waals surface area contributed by atoms with Gasteiger partial charge in [0.05, 0.1) is 12.3 Å². The highest BCUT2D eigenvalue weighted by molar-refractivity contribution is 5.73. The number of aromatic nitrogens is 2. The van der Waals surface area contributed by atoms with Crippen LogP contribution >= 0.6 is 0 Å². The Labute approximate surface area is 174 Å². The molecule has 2 N–H and O–H groups in total. The van der Waals surface area contributed by atoms with Crippen LogP contribution in [-0.2, 0) is 13.0 Å². The van der Waals surface area contributed by atoms with Crippen LogP contribution in [0.5, 0.6) is 0 Å². The zero-order valence-electron chi connectivity index (χ0n) is 16.2. The molecule has 5 rings (SSSR count). The summed E-state index contributed by atoms with van der Waals surface area (Å²) in [6, 6.07) is 22.5. The van der Waals surface area contributed by atoms with E-state index in [0.29, 0.717) is 17.9 Å². The minimum Gasteiger partial charge on any atom is -0.392 e. The Morgan fingerprint density at radius 2 is 1.77 bits per heavy atom. The quantitative estimate of drug-likeness (QED) is 0.497. The summed E-state index contributed by atoms with van der Waals surface area (Å²) >= 11 is 0. The number of fused-ring (bicyclic) bond motifs is 3. The Bertz CT molecular complexity index is 1220. The Hall–Kier alpha value is -3.57. The highest BCUT2D eigenvalue weighted by Gasteiger charge is 2.28. The lowest BCUT2D eigenvalue weighted by Gasteiger charge is -2.27. The van der Waals surface area contributed by atoms with Crippen molar-refractivity contribution < 1.29 is 9.50 Å². The van der Waals surface area contributed by atoms with Crippen LogP contribution in [0.3, 0.4) is 0 Å². The first-order valence-corrected chi connectivity index (χ1v) is 9.89. The average molecular weight is 397 g/mol. The van der Waals surface area contributed by atoms with Gasteiger partial charge in [-0.15, -0.1) is 0 Å². The summed E-state index contributed by atoms with van der Waals surface area (Å²) in [6.07, 6.45) is 2.47. The molecule has 0 amide bonds. The molecule has 0 aliphatic heterocycles. The second kappa shape index (κ2) is 7.69. The topological polar surface area (TPSA) is 58.0 Å². The first-order chi connectivity index (χ1) is 14.7. The minimum absolute atomic E-state index is 0.0224. The van der Waals surface area contributed by atoms with Crippen molar-refractivity contribution in [3.63, 3.8) is 0 Å². The normalized spacial score (nSPS) is 14.7. The van der Waals surface area contributed by atoms with Gasteiger partial charge >= 0.3 is 0 Å². The number of nitrogens with one attached hydrogen (secondary N) is 1. The monoisotopic (exact) mass is 397 g/mol. The fourth-order valence-corrected chi connectivity index (χ4v) is 4.11. The van der Waals surface area contributed by atoms with E-state index in [1.807, 2.05) is 60.8 Å². The molecule has 3 aromatic carbocycles. The number of hydrogen-bond acceptors (Lipinski definition) is 4. The second-order valence-electron chi connectivity index (χ2n) is 7.42. The van der Waals surface area contributed by atoms with Gasteiger partial charge in [-0.3, -0.25) is 0 Å². The standard InChI is InChI=1S/C25H20FN3O/c26-23-11-4-3-9-20(23)22-13-17-14-27-25(28-18-7-5-6-16(12-18)15-30)29-24(17)21-10-2-1-8-19(21)22/h1-12,14,22,30H,13,15H2,(H,27,28,29)/t22-/m1/s1. The van der Waals surface area contributed by atoms with E-state index >= 15 is 0 Å². The number of halogens is 1. The summed E-state index contributed by atoms with van der Waals surface area (Å²) in [6.45, 7) is -0.0224. The van der Waals surface area contributed by atoms with Crippen molar-refractivity contribution in [1.82, 2.24) is 9.97 Å². The number of rotatable bonds is 4. The molecule has 0 saturated heterocycles. The third-order valence-electron chi connectivity index (χ3n) is 5.53. The van der Waals surface area contributed by atoms with E-state index in [0.717, 1.165) is 33.6 Å². The van der Waals surface area contributed by atoms with Gasteiger partial charge in [-0.1, -0.05) is 54.6 Å².